The Hall–Kier alpha value is -8.02. The fourth-order valence-electron chi connectivity index (χ4n) is 8.68. The molecule has 12 rings (SSSR count). The first-order valence-corrected chi connectivity index (χ1v) is 19.8. The number of benzene rings is 9. The predicted octanol–water partition coefficient (Wildman–Crippen LogP) is 14.1. The van der Waals surface area contributed by atoms with Crippen molar-refractivity contribution >= 4 is 65.2 Å². The molecule has 0 saturated heterocycles. The molecule has 5 nitrogen and oxygen atoms in total. The fourth-order valence-corrected chi connectivity index (χ4v) is 8.68. The number of pyridine rings is 1. The maximum absolute atomic E-state index is 6.51. The first-order valence-electron chi connectivity index (χ1n) is 19.8. The molecule has 5 heteroatoms. The van der Waals surface area contributed by atoms with Gasteiger partial charge in [-0.25, -0.2) is 19.9 Å². The van der Waals surface area contributed by atoms with Gasteiger partial charge in [0.15, 0.2) is 23.1 Å². The quantitative estimate of drug-likeness (QED) is 0.164. The Labute approximate surface area is 338 Å². The molecule has 3 heterocycles. The highest BCUT2D eigenvalue weighted by Gasteiger charge is 2.19. The van der Waals surface area contributed by atoms with E-state index in [9.17, 15) is 0 Å². The first kappa shape index (κ1) is 33.2. The molecule has 59 heavy (non-hydrogen) atoms. The van der Waals surface area contributed by atoms with Crippen LogP contribution in [0.2, 0.25) is 0 Å². The summed E-state index contributed by atoms with van der Waals surface area (Å²) >= 11 is 0. The minimum absolute atomic E-state index is 0.616. The monoisotopic (exact) mass is 752 g/mol. The van der Waals surface area contributed by atoms with Crippen molar-refractivity contribution in [1.82, 2.24) is 19.9 Å². The van der Waals surface area contributed by atoms with Crippen molar-refractivity contribution in [3.8, 4) is 56.5 Å². The number of fused-ring (bicyclic) bond motifs is 11. The van der Waals surface area contributed by atoms with Crippen LogP contribution >= 0.6 is 0 Å². The van der Waals surface area contributed by atoms with Crippen LogP contribution in [0.5, 0.6) is 0 Å². The van der Waals surface area contributed by atoms with E-state index in [1.807, 2.05) is 48.5 Å². The van der Waals surface area contributed by atoms with Crippen molar-refractivity contribution < 1.29 is 4.42 Å². The Bertz CT molecular complexity index is 3580. The maximum atomic E-state index is 6.51. The fraction of sp³-hybridized carbons (Fsp3) is 0. The van der Waals surface area contributed by atoms with Gasteiger partial charge in [-0.1, -0.05) is 170 Å². The normalized spacial score (nSPS) is 11.7. The Kier molecular flexibility index (Phi) is 7.47. The van der Waals surface area contributed by atoms with Gasteiger partial charge in [-0.3, -0.25) is 0 Å². The molecule has 0 unspecified atom stereocenters. The zero-order valence-electron chi connectivity index (χ0n) is 31.7. The summed E-state index contributed by atoms with van der Waals surface area (Å²) in [6, 6.07) is 67.5. The van der Waals surface area contributed by atoms with Gasteiger partial charge >= 0.3 is 0 Å². The zero-order chi connectivity index (χ0) is 38.9. The number of nitrogens with zero attached hydrogens (tertiary/aromatic N) is 4. The lowest BCUT2D eigenvalue weighted by molar-refractivity contribution is 0.669. The third kappa shape index (κ3) is 5.47. The van der Waals surface area contributed by atoms with Crippen molar-refractivity contribution in [2.75, 3.05) is 0 Å². The van der Waals surface area contributed by atoms with E-state index in [1.54, 1.807) is 0 Å². The van der Waals surface area contributed by atoms with Gasteiger partial charge in [0.25, 0.3) is 0 Å². The number of hydrogen-bond donors (Lipinski definition) is 0. The molecule has 0 atom stereocenters. The van der Waals surface area contributed by atoms with E-state index in [4.69, 9.17) is 24.4 Å². The molecule has 0 aliphatic heterocycles. The minimum atomic E-state index is 0.616. The molecule has 0 N–H and O–H groups in total. The van der Waals surface area contributed by atoms with Crippen LogP contribution in [0.25, 0.3) is 122 Å². The Morgan fingerprint density at radius 1 is 0.288 bits per heavy atom. The summed E-state index contributed by atoms with van der Waals surface area (Å²) in [5.74, 6) is 1.88. The highest BCUT2D eigenvalue weighted by molar-refractivity contribution is 6.26. The number of para-hydroxylation sites is 2. The van der Waals surface area contributed by atoms with Crippen LogP contribution in [0.15, 0.2) is 199 Å². The summed E-state index contributed by atoms with van der Waals surface area (Å²) < 4.78 is 6.51. The first-order chi connectivity index (χ1) is 29.2. The lowest BCUT2D eigenvalue weighted by Gasteiger charge is -2.13. The van der Waals surface area contributed by atoms with Crippen LogP contribution in [0.1, 0.15) is 0 Å². The molecular weight excluding hydrogens is 721 g/mol. The molecule has 9 aromatic carbocycles. The molecule has 0 bridgehead atoms. The molecular formula is C54H32N4O. The average molecular weight is 753 g/mol. The van der Waals surface area contributed by atoms with Crippen molar-refractivity contribution in [2.45, 2.75) is 0 Å². The molecule has 0 fully saturated rings. The summed E-state index contributed by atoms with van der Waals surface area (Å²) in [5, 5.41) is 10.6. The Morgan fingerprint density at radius 3 is 1.49 bits per heavy atom. The van der Waals surface area contributed by atoms with Crippen molar-refractivity contribution in [3.63, 3.8) is 0 Å². The molecule has 12 aromatic rings. The van der Waals surface area contributed by atoms with Crippen LogP contribution < -0.4 is 0 Å². The molecule has 0 spiro atoms. The molecule has 0 radical (unpaired) electrons. The van der Waals surface area contributed by atoms with Crippen LogP contribution in [0.3, 0.4) is 0 Å². The van der Waals surface area contributed by atoms with Gasteiger partial charge in [0, 0.05) is 38.4 Å². The zero-order valence-corrected chi connectivity index (χ0v) is 31.7. The summed E-state index contributed by atoms with van der Waals surface area (Å²) in [6.07, 6.45) is 0. The second kappa shape index (κ2) is 13.3. The molecule has 274 valence electrons. The standard InChI is InChI=1S/C54H32N4O/c1-2-13-34(14-3-1)52-56-53(58-54(57-52)38-29-30-43-41-19-5-4-17-39(41)40-18-6-7-20-42(40)46(43)32-38)35-27-25-33(26-28-35)36-15-12-16-37(31-36)50-51-49(44-21-8-10-23-47(44)55-50)45-22-9-11-24-48(45)59-51/h1-32H. The van der Waals surface area contributed by atoms with E-state index in [1.165, 1.54) is 32.3 Å². The Morgan fingerprint density at radius 2 is 0.780 bits per heavy atom. The van der Waals surface area contributed by atoms with Gasteiger partial charge in [-0.15, -0.1) is 0 Å². The van der Waals surface area contributed by atoms with E-state index < -0.39 is 0 Å². The van der Waals surface area contributed by atoms with Gasteiger partial charge in [0.05, 0.1) is 5.52 Å². The van der Waals surface area contributed by atoms with Gasteiger partial charge in [-0.2, -0.15) is 0 Å². The van der Waals surface area contributed by atoms with Crippen LogP contribution in [-0.4, -0.2) is 19.9 Å². The SMILES string of the molecule is c1ccc(-c2nc(-c3ccc(-c4cccc(-c5nc6ccccc6c6c5oc5ccccc56)c4)cc3)nc(-c3ccc4c5ccccc5c5ccccc5c4c3)n2)cc1. The molecule has 0 saturated carbocycles. The smallest absolute Gasteiger partial charge is 0.164 e. The van der Waals surface area contributed by atoms with Crippen molar-refractivity contribution in [2.24, 2.45) is 0 Å². The molecule has 0 aliphatic rings. The largest absolute Gasteiger partial charge is 0.454 e. The van der Waals surface area contributed by atoms with Gasteiger partial charge in [-0.05, 0) is 67.7 Å². The van der Waals surface area contributed by atoms with E-state index in [0.29, 0.717) is 17.5 Å². The second-order valence-corrected chi connectivity index (χ2v) is 15.0. The average Bonchev–Trinajstić information content (AvgIpc) is 3.72. The van der Waals surface area contributed by atoms with E-state index >= 15 is 0 Å². The number of furan rings is 1. The highest BCUT2D eigenvalue weighted by atomic mass is 16.3. The molecule has 0 amide bonds. The lowest BCUT2D eigenvalue weighted by atomic mass is 9.93. The third-order valence-corrected chi connectivity index (χ3v) is 11.5. The predicted molar refractivity (Wildman–Crippen MR) is 242 cm³/mol. The molecule has 3 aromatic heterocycles. The summed E-state index contributed by atoms with van der Waals surface area (Å²) in [5.41, 5.74) is 9.34. The summed E-state index contributed by atoms with van der Waals surface area (Å²) in [6.45, 7) is 0. The van der Waals surface area contributed by atoms with E-state index in [0.717, 1.165) is 71.9 Å². The van der Waals surface area contributed by atoms with Gasteiger partial charge in [0.1, 0.15) is 11.3 Å². The van der Waals surface area contributed by atoms with E-state index in [-0.39, 0.29) is 0 Å². The lowest BCUT2D eigenvalue weighted by Crippen LogP contribution is -2.00. The summed E-state index contributed by atoms with van der Waals surface area (Å²) in [4.78, 5) is 20.4. The summed E-state index contributed by atoms with van der Waals surface area (Å²) in [7, 11) is 0. The van der Waals surface area contributed by atoms with Crippen LogP contribution in [0, 0.1) is 0 Å². The van der Waals surface area contributed by atoms with Gasteiger partial charge < -0.3 is 4.42 Å². The number of rotatable bonds is 5. The minimum Gasteiger partial charge on any atom is -0.454 e. The van der Waals surface area contributed by atoms with Crippen LogP contribution in [-0.2, 0) is 0 Å². The van der Waals surface area contributed by atoms with Gasteiger partial charge in [0.2, 0.25) is 0 Å². The molecule has 0 aliphatic carbocycles. The Balaban J connectivity index is 0.960. The topological polar surface area (TPSA) is 64.7 Å². The van der Waals surface area contributed by atoms with Crippen molar-refractivity contribution in [1.29, 1.82) is 0 Å². The highest BCUT2D eigenvalue weighted by Crippen LogP contribution is 2.41. The number of aromatic nitrogens is 4. The van der Waals surface area contributed by atoms with E-state index in [2.05, 4.69) is 146 Å². The number of hydrogen-bond acceptors (Lipinski definition) is 5. The maximum Gasteiger partial charge on any atom is 0.164 e. The third-order valence-electron chi connectivity index (χ3n) is 11.5. The van der Waals surface area contributed by atoms with Crippen molar-refractivity contribution in [3.05, 3.63) is 194 Å². The van der Waals surface area contributed by atoms with Crippen LogP contribution in [0.4, 0.5) is 0 Å². The second-order valence-electron chi connectivity index (χ2n) is 15.0.